The average Bonchev–Trinajstić information content (AvgIpc) is 3.18. The van der Waals surface area contributed by atoms with Crippen molar-refractivity contribution in [2.75, 3.05) is 5.32 Å². The van der Waals surface area contributed by atoms with Crippen molar-refractivity contribution >= 4 is 22.9 Å². The summed E-state index contributed by atoms with van der Waals surface area (Å²) in [5.74, 6) is -10.6. The number of aryl methyl sites for hydroxylation is 2. The second-order valence-electron chi connectivity index (χ2n) is 6.83. The summed E-state index contributed by atoms with van der Waals surface area (Å²) in [6.45, 7) is 3.78. The quantitative estimate of drug-likeness (QED) is 0.325. The Balaban J connectivity index is 1.79. The maximum absolute atomic E-state index is 14.0. The Morgan fingerprint density at radius 3 is 2.22 bits per heavy atom. The van der Waals surface area contributed by atoms with Gasteiger partial charge in [-0.3, -0.25) is 4.79 Å². The molecule has 0 spiro atoms. The van der Waals surface area contributed by atoms with Crippen molar-refractivity contribution in [3.63, 3.8) is 0 Å². The summed E-state index contributed by atoms with van der Waals surface area (Å²) in [4.78, 5) is 12.2. The van der Waals surface area contributed by atoms with Crippen LogP contribution < -0.4 is 10.1 Å². The molecule has 0 saturated carbocycles. The van der Waals surface area contributed by atoms with E-state index < -0.39 is 46.6 Å². The van der Waals surface area contributed by atoms with Crippen molar-refractivity contribution in [2.24, 2.45) is 0 Å². The molecule has 0 bridgehead atoms. The van der Waals surface area contributed by atoms with Gasteiger partial charge in [-0.15, -0.1) is 11.3 Å². The predicted molar refractivity (Wildman–Crippen MR) is 104 cm³/mol. The Hall–Kier alpha value is -3.08. The van der Waals surface area contributed by atoms with E-state index in [1.54, 1.807) is 5.32 Å². The lowest BCUT2D eigenvalue weighted by Gasteiger charge is -2.14. The summed E-state index contributed by atoms with van der Waals surface area (Å²) >= 11 is 0.842. The number of carbonyl (C=O) groups is 1. The summed E-state index contributed by atoms with van der Waals surface area (Å²) in [6.07, 6.45) is -5.67. The van der Waals surface area contributed by atoms with Gasteiger partial charge in [0, 0.05) is 5.56 Å². The van der Waals surface area contributed by atoms with E-state index in [0.29, 0.717) is 11.3 Å². The van der Waals surface area contributed by atoms with Gasteiger partial charge in [0.2, 0.25) is 0 Å². The summed E-state index contributed by atoms with van der Waals surface area (Å²) in [5.41, 5.74) is -2.00. The highest BCUT2D eigenvalue weighted by atomic mass is 32.1. The molecule has 1 amide bonds. The molecule has 0 fully saturated rings. The van der Waals surface area contributed by atoms with Crippen LogP contribution in [0, 0.1) is 37.1 Å². The van der Waals surface area contributed by atoms with Crippen LogP contribution in [0.5, 0.6) is 5.75 Å². The Labute approximate surface area is 181 Å². The van der Waals surface area contributed by atoms with Crippen LogP contribution >= 0.6 is 11.3 Å². The van der Waals surface area contributed by atoms with Crippen molar-refractivity contribution in [2.45, 2.75) is 26.6 Å². The van der Waals surface area contributed by atoms with E-state index >= 15 is 0 Å². The molecule has 3 rings (SSSR count). The number of amides is 1. The molecule has 1 N–H and O–H groups in total. The van der Waals surface area contributed by atoms with Gasteiger partial charge in [0.1, 0.15) is 23.6 Å². The van der Waals surface area contributed by atoms with E-state index in [-0.39, 0.29) is 11.5 Å². The van der Waals surface area contributed by atoms with Crippen LogP contribution in [0.2, 0.25) is 0 Å². The molecular weight excluding hydrogens is 463 g/mol. The highest BCUT2D eigenvalue weighted by Crippen LogP contribution is 2.38. The number of hydrogen-bond acceptors (Lipinski definition) is 3. The van der Waals surface area contributed by atoms with Gasteiger partial charge in [0.05, 0.1) is 4.88 Å². The SMILES string of the molecule is Cc1ccc(C)c(OCc2csc(C(=O)Nc3c(F)c(F)c(C(F)(F)F)c(F)c3F)c2)c1. The van der Waals surface area contributed by atoms with Gasteiger partial charge < -0.3 is 10.1 Å². The van der Waals surface area contributed by atoms with E-state index in [1.807, 2.05) is 32.0 Å². The summed E-state index contributed by atoms with van der Waals surface area (Å²) in [6, 6.07) is 6.90. The largest absolute Gasteiger partial charge is 0.489 e. The van der Waals surface area contributed by atoms with Crippen LogP contribution in [-0.2, 0) is 12.8 Å². The number of rotatable bonds is 5. The molecule has 1 aromatic heterocycles. The normalized spacial score (nSPS) is 11.5. The topological polar surface area (TPSA) is 38.3 Å². The Morgan fingerprint density at radius 2 is 1.62 bits per heavy atom. The number of carbonyl (C=O) groups excluding carboxylic acids is 1. The first-order valence-electron chi connectivity index (χ1n) is 8.92. The molecule has 0 radical (unpaired) electrons. The number of anilines is 1. The van der Waals surface area contributed by atoms with Crippen LogP contribution in [0.15, 0.2) is 29.6 Å². The van der Waals surface area contributed by atoms with E-state index in [4.69, 9.17) is 4.74 Å². The lowest BCUT2D eigenvalue weighted by molar-refractivity contribution is -0.143. The zero-order valence-electron chi connectivity index (χ0n) is 16.5. The van der Waals surface area contributed by atoms with E-state index in [9.17, 15) is 35.5 Å². The first-order chi connectivity index (χ1) is 14.9. The molecule has 0 aliphatic carbocycles. The number of alkyl halides is 3. The molecule has 32 heavy (non-hydrogen) atoms. The second-order valence-corrected chi connectivity index (χ2v) is 7.75. The molecule has 0 aliphatic rings. The van der Waals surface area contributed by atoms with Crippen molar-refractivity contribution in [3.8, 4) is 5.75 Å². The van der Waals surface area contributed by atoms with Crippen molar-refractivity contribution in [3.05, 3.63) is 80.0 Å². The third kappa shape index (κ3) is 4.72. The van der Waals surface area contributed by atoms with Crippen molar-refractivity contribution in [1.29, 1.82) is 0 Å². The van der Waals surface area contributed by atoms with Crippen molar-refractivity contribution < 1.29 is 40.3 Å². The van der Waals surface area contributed by atoms with E-state index in [2.05, 4.69) is 0 Å². The lowest BCUT2D eigenvalue weighted by atomic mass is 10.1. The van der Waals surface area contributed by atoms with E-state index in [0.717, 1.165) is 22.5 Å². The maximum atomic E-state index is 14.0. The fourth-order valence-electron chi connectivity index (χ4n) is 2.76. The Kier molecular flexibility index (Phi) is 6.49. The zero-order chi connectivity index (χ0) is 23.8. The molecule has 0 unspecified atom stereocenters. The maximum Gasteiger partial charge on any atom is 0.422 e. The molecule has 2 aromatic carbocycles. The molecule has 3 aromatic rings. The summed E-state index contributed by atoms with van der Waals surface area (Å²) in [7, 11) is 0. The number of ether oxygens (including phenoxy) is 1. The average molecular weight is 477 g/mol. The van der Waals surface area contributed by atoms with Crippen LogP contribution in [0.25, 0.3) is 0 Å². The number of benzene rings is 2. The zero-order valence-corrected chi connectivity index (χ0v) is 17.3. The van der Waals surface area contributed by atoms with Gasteiger partial charge in [-0.2, -0.15) is 13.2 Å². The minimum absolute atomic E-state index is 0.0559. The molecule has 1 heterocycles. The second kappa shape index (κ2) is 8.81. The first-order valence-corrected chi connectivity index (χ1v) is 9.80. The van der Waals surface area contributed by atoms with Crippen LogP contribution in [0.4, 0.5) is 36.4 Å². The third-order valence-corrected chi connectivity index (χ3v) is 5.38. The van der Waals surface area contributed by atoms with Gasteiger partial charge in [0.15, 0.2) is 23.3 Å². The molecule has 0 aliphatic heterocycles. The van der Waals surface area contributed by atoms with Gasteiger partial charge in [0.25, 0.3) is 5.91 Å². The highest BCUT2D eigenvalue weighted by Gasteiger charge is 2.42. The summed E-state index contributed by atoms with van der Waals surface area (Å²) in [5, 5.41) is 3.11. The molecular formula is C21H14F7NO2S. The van der Waals surface area contributed by atoms with Gasteiger partial charge in [-0.05, 0) is 42.5 Å². The molecule has 0 atom stereocenters. The molecule has 0 saturated heterocycles. The number of thiophene rings is 1. The van der Waals surface area contributed by atoms with Crippen LogP contribution in [-0.4, -0.2) is 5.91 Å². The summed E-state index contributed by atoms with van der Waals surface area (Å²) < 4.78 is 99.1. The van der Waals surface area contributed by atoms with Gasteiger partial charge in [-0.1, -0.05) is 12.1 Å². The first kappa shape index (κ1) is 23.6. The minimum atomic E-state index is -5.67. The molecule has 11 heteroatoms. The highest BCUT2D eigenvalue weighted by molar-refractivity contribution is 7.12. The monoisotopic (exact) mass is 477 g/mol. The van der Waals surface area contributed by atoms with Crippen LogP contribution in [0.3, 0.4) is 0 Å². The number of hydrogen-bond donors (Lipinski definition) is 1. The standard InChI is InChI=1S/C21H14F7NO2S/c1-9-3-4-10(2)12(5-9)31-7-11-6-13(32-8-11)20(30)29-19-17(24)15(22)14(21(26,27)28)16(23)18(19)25/h3-6,8H,7H2,1-2H3,(H,29,30). The third-order valence-electron chi connectivity index (χ3n) is 4.40. The van der Waals surface area contributed by atoms with Crippen molar-refractivity contribution in [1.82, 2.24) is 0 Å². The minimum Gasteiger partial charge on any atom is -0.489 e. The number of halogens is 7. The lowest BCUT2D eigenvalue weighted by Crippen LogP contribution is -2.19. The molecule has 3 nitrogen and oxygen atoms in total. The fourth-order valence-corrected chi connectivity index (χ4v) is 3.55. The van der Waals surface area contributed by atoms with Gasteiger partial charge in [-0.25, -0.2) is 17.6 Å². The number of nitrogens with one attached hydrogen (secondary N) is 1. The van der Waals surface area contributed by atoms with E-state index in [1.165, 1.54) is 11.4 Å². The van der Waals surface area contributed by atoms with Crippen LogP contribution in [0.1, 0.15) is 31.9 Å². The Bertz CT molecular complexity index is 1160. The predicted octanol–water partition coefficient (Wildman–Crippen LogP) is 6.77. The molecule has 170 valence electrons. The fraction of sp³-hybridized carbons (Fsp3) is 0.190. The van der Waals surface area contributed by atoms with Gasteiger partial charge >= 0.3 is 6.18 Å². The Morgan fingerprint density at radius 1 is 1.00 bits per heavy atom. The smallest absolute Gasteiger partial charge is 0.422 e.